The number of rotatable bonds is 5. The van der Waals surface area contributed by atoms with Gasteiger partial charge in [0, 0.05) is 5.56 Å². The summed E-state index contributed by atoms with van der Waals surface area (Å²) in [5, 5.41) is 9.01. The monoisotopic (exact) mass is 242 g/mol. The SMILES string of the molecule is C#C/C(=C\C=C/C)OCc1ccccc1C(=O)O. The van der Waals surface area contributed by atoms with E-state index in [1.165, 1.54) is 6.07 Å². The molecule has 1 aromatic rings. The number of hydrogen-bond donors (Lipinski definition) is 1. The first-order valence-corrected chi connectivity index (χ1v) is 5.42. The summed E-state index contributed by atoms with van der Waals surface area (Å²) in [6.45, 7) is 2.00. The largest absolute Gasteiger partial charge is 0.481 e. The van der Waals surface area contributed by atoms with Crippen molar-refractivity contribution in [2.24, 2.45) is 0 Å². The maximum Gasteiger partial charge on any atom is 0.336 e. The van der Waals surface area contributed by atoms with Gasteiger partial charge < -0.3 is 9.84 Å². The molecule has 0 aromatic heterocycles. The maximum absolute atomic E-state index is 11.0. The van der Waals surface area contributed by atoms with Gasteiger partial charge >= 0.3 is 5.97 Å². The zero-order valence-electron chi connectivity index (χ0n) is 10.1. The molecule has 0 aliphatic heterocycles. The molecular formula is C15H14O3. The van der Waals surface area contributed by atoms with Crippen molar-refractivity contribution >= 4 is 5.97 Å². The average molecular weight is 242 g/mol. The minimum atomic E-state index is -0.978. The number of carboxylic acids is 1. The molecule has 0 amide bonds. The van der Waals surface area contributed by atoms with Gasteiger partial charge in [-0.2, -0.15) is 0 Å². The lowest BCUT2D eigenvalue weighted by atomic mass is 10.1. The highest BCUT2D eigenvalue weighted by molar-refractivity contribution is 5.89. The number of ether oxygens (including phenoxy) is 1. The first kappa shape index (κ1) is 13.6. The molecule has 0 heterocycles. The van der Waals surface area contributed by atoms with E-state index in [0.29, 0.717) is 11.3 Å². The quantitative estimate of drug-likeness (QED) is 0.490. The molecule has 0 aliphatic rings. The van der Waals surface area contributed by atoms with Crippen LogP contribution in [0.2, 0.25) is 0 Å². The molecule has 18 heavy (non-hydrogen) atoms. The van der Waals surface area contributed by atoms with Crippen LogP contribution in [0.3, 0.4) is 0 Å². The summed E-state index contributed by atoms with van der Waals surface area (Å²) >= 11 is 0. The van der Waals surface area contributed by atoms with Gasteiger partial charge in [-0.3, -0.25) is 0 Å². The Kier molecular flexibility index (Phi) is 5.27. The van der Waals surface area contributed by atoms with Gasteiger partial charge in [-0.1, -0.05) is 30.4 Å². The first-order valence-electron chi connectivity index (χ1n) is 5.42. The van der Waals surface area contributed by atoms with E-state index in [0.717, 1.165) is 0 Å². The number of hydrogen-bond acceptors (Lipinski definition) is 2. The number of carbonyl (C=O) groups is 1. The molecule has 0 unspecified atom stereocenters. The normalized spacial score (nSPS) is 11.2. The lowest BCUT2D eigenvalue weighted by Gasteiger charge is -2.07. The van der Waals surface area contributed by atoms with Crippen LogP contribution in [0.5, 0.6) is 0 Å². The van der Waals surface area contributed by atoms with Gasteiger partial charge in [0.05, 0.1) is 5.56 Å². The summed E-state index contributed by atoms with van der Waals surface area (Å²) in [4.78, 5) is 11.0. The molecule has 0 spiro atoms. The van der Waals surface area contributed by atoms with Crippen molar-refractivity contribution in [1.29, 1.82) is 0 Å². The molecule has 3 nitrogen and oxygen atoms in total. The smallest absolute Gasteiger partial charge is 0.336 e. The highest BCUT2D eigenvalue weighted by Crippen LogP contribution is 2.12. The molecule has 3 heteroatoms. The van der Waals surface area contributed by atoms with Gasteiger partial charge in [0.25, 0.3) is 0 Å². The number of aromatic carboxylic acids is 1. The molecule has 1 aromatic carbocycles. The molecule has 0 saturated carbocycles. The van der Waals surface area contributed by atoms with Crippen molar-refractivity contribution in [3.63, 3.8) is 0 Å². The van der Waals surface area contributed by atoms with Crippen molar-refractivity contribution in [2.45, 2.75) is 13.5 Å². The van der Waals surface area contributed by atoms with E-state index in [9.17, 15) is 4.79 Å². The van der Waals surface area contributed by atoms with Crippen molar-refractivity contribution in [1.82, 2.24) is 0 Å². The topological polar surface area (TPSA) is 46.5 Å². The highest BCUT2D eigenvalue weighted by atomic mass is 16.5. The third-order valence-corrected chi connectivity index (χ3v) is 2.21. The van der Waals surface area contributed by atoms with Gasteiger partial charge in [-0.05, 0) is 25.0 Å². The van der Waals surface area contributed by atoms with Crippen LogP contribution in [-0.4, -0.2) is 11.1 Å². The van der Waals surface area contributed by atoms with Gasteiger partial charge in [0.15, 0.2) is 5.76 Å². The Bertz CT molecular complexity index is 519. The molecule has 0 aliphatic carbocycles. The van der Waals surface area contributed by atoms with Crippen LogP contribution in [0.25, 0.3) is 0 Å². The number of carboxylic acid groups (broad SMARTS) is 1. The second kappa shape index (κ2) is 6.97. The predicted molar refractivity (Wildman–Crippen MR) is 69.9 cm³/mol. The fourth-order valence-electron chi connectivity index (χ4n) is 1.33. The van der Waals surface area contributed by atoms with E-state index in [1.54, 1.807) is 30.4 Å². The van der Waals surface area contributed by atoms with Crippen LogP contribution in [0.4, 0.5) is 0 Å². The standard InChI is InChI=1S/C15H14O3/c1-3-5-9-13(4-2)18-11-12-8-6-7-10-14(12)15(16)17/h2-3,5-10H,11H2,1H3,(H,16,17)/b5-3-,13-9+. The molecule has 0 atom stereocenters. The fraction of sp³-hybridized carbons (Fsp3) is 0.133. The van der Waals surface area contributed by atoms with E-state index < -0.39 is 5.97 Å². The zero-order valence-corrected chi connectivity index (χ0v) is 10.1. The second-order valence-corrected chi connectivity index (χ2v) is 3.45. The molecule has 0 radical (unpaired) electrons. The zero-order chi connectivity index (χ0) is 13.4. The summed E-state index contributed by atoms with van der Waals surface area (Å²) < 4.78 is 5.38. The molecule has 1 rings (SSSR count). The van der Waals surface area contributed by atoms with Crippen LogP contribution in [0.1, 0.15) is 22.8 Å². The van der Waals surface area contributed by atoms with Crippen molar-refractivity contribution in [3.05, 3.63) is 59.4 Å². The molecule has 1 N–H and O–H groups in total. The first-order chi connectivity index (χ1) is 8.69. The number of benzene rings is 1. The van der Waals surface area contributed by atoms with E-state index >= 15 is 0 Å². The Labute approximate surface area is 106 Å². The van der Waals surface area contributed by atoms with Gasteiger partial charge in [0.1, 0.15) is 6.61 Å². The Morgan fingerprint density at radius 3 is 2.83 bits per heavy atom. The summed E-state index contributed by atoms with van der Waals surface area (Å²) in [6, 6.07) is 6.67. The minimum Gasteiger partial charge on any atom is -0.481 e. The summed E-state index contributed by atoms with van der Waals surface area (Å²) in [7, 11) is 0. The molecular weight excluding hydrogens is 228 g/mol. The van der Waals surface area contributed by atoms with E-state index in [2.05, 4.69) is 5.92 Å². The molecule has 0 saturated heterocycles. The molecule has 92 valence electrons. The average Bonchev–Trinajstić information content (AvgIpc) is 2.39. The summed E-state index contributed by atoms with van der Waals surface area (Å²) in [5.74, 6) is 1.79. The predicted octanol–water partition coefficient (Wildman–Crippen LogP) is 2.99. The van der Waals surface area contributed by atoms with Crippen LogP contribution < -0.4 is 0 Å². The van der Waals surface area contributed by atoms with Crippen LogP contribution in [-0.2, 0) is 11.3 Å². The Morgan fingerprint density at radius 1 is 1.50 bits per heavy atom. The van der Waals surface area contributed by atoms with Gasteiger partial charge in [-0.25, -0.2) is 4.79 Å². The highest BCUT2D eigenvalue weighted by Gasteiger charge is 2.09. The number of terminal acetylenes is 1. The minimum absolute atomic E-state index is 0.135. The van der Waals surface area contributed by atoms with Crippen LogP contribution >= 0.6 is 0 Å². The third-order valence-electron chi connectivity index (χ3n) is 2.21. The molecule has 0 fully saturated rings. The van der Waals surface area contributed by atoms with Crippen molar-refractivity contribution in [3.8, 4) is 12.3 Å². The fourth-order valence-corrected chi connectivity index (χ4v) is 1.33. The molecule has 0 bridgehead atoms. The Hall–Kier alpha value is -2.47. The van der Waals surface area contributed by atoms with E-state index in [4.69, 9.17) is 16.3 Å². The number of allylic oxidation sites excluding steroid dienone is 4. The van der Waals surface area contributed by atoms with Crippen LogP contribution in [0, 0.1) is 12.3 Å². The lowest BCUT2D eigenvalue weighted by molar-refractivity contribution is 0.0692. The van der Waals surface area contributed by atoms with Gasteiger partial charge in [0.2, 0.25) is 0 Å². The maximum atomic E-state index is 11.0. The van der Waals surface area contributed by atoms with Gasteiger partial charge in [-0.15, -0.1) is 6.42 Å². The summed E-state index contributed by atoms with van der Waals surface area (Å²) in [5.41, 5.74) is 0.812. The lowest BCUT2D eigenvalue weighted by Crippen LogP contribution is -2.03. The van der Waals surface area contributed by atoms with E-state index in [-0.39, 0.29) is 12.2 Å². The Balaban J connectivity index is 2.81. The van der Waals surface area contributed by atoms with E-state index in [1.807, 2.05) is 13.0 Å². The Morgan fingerprint density at radius 2 is 2.22 bits per heavy atom. The van der Waals surface area contributed by atoms with Crippen molar-refractivity contribution in [2.75, 3.05) is 0 Å². The summed E-state index contributed by atoms with van der Waals surface area (Å²) in [6.07, 6.45) is 10.5. The van der Waals surface area contributed by atoms with Crippen LogP contribution in [0.15, 0.2) is 48.3 Å². The van der Waals surface area contributed by atoms with Crippen molar-refractivity contribution < 1.29 is 14.6 Å². The second-order valence-electron chi connectivity index (χ2n) is 3.45. The third kappa shape index (κ3) is 3.84.